The molecule has 9 heteroatoms. The summed E-state index contributed by atoms with van der Waals surface area (Å²) in [5.74, 6) is 0.604. The molecule has 3 aromatic heterocycles. The van der Waals surface area contributed by atoms with Gasteiger partial charge in [-0.15, -0.1) is 22.7 Å². The van der Waals surface area contributed by atoms with Gasteiger partial charge in [-0.3, -0.25) is 0 Å². The van der Waals surface area contributed by atoms with Gasteiger partial charge in [-0.25, -0.2) is 4.79 Å². The lowest BCUT2D eigenvalue weighted by molar-refractivity contribution is -0.132. The molecule has 0 amide bonds. The molecule has 0 spiro atoms. The number of anilines is 3. The first-order valence-electron chi connectivity index (χ1n) is 24.8. The van der Waals surface area contributed by atoms with E-state index in [-0.39, 0.29) is 5.57 Å². The Hall–Kier alpha value is -6.60. The van der Waals surface area contributed by atoms with Crippen LogP contribution in [-0.2, 0) is 11.3 Å². The van der Waals surface area contributed by atoms with Crippen molar-refractivity contribution in [3.05, 3.63) is 144 Å². The Morgan fingerprint density at radius 2 is 0.986 bits per heavy atom. The predicted octanol–water partition coefficient (Wildman–Crippen LogP) is 17.9. The molecule has 0 unspecified atom stereocenters. The second kappa shape index (κ2) is 24.1. The number of hydrogen-bond acceptors (Lipinski definition) is 7. The lowest BCUT2D eigenvalue weighted by Crippen LogP contribution is -2.09. The number of nitrogens with zero attached hydrogens (tertiary/aromatic N) is 3. The van der Waals surface area contributed by atoms with Crippen molar-refractivity contribution in [2.75, 3.05) is 18.1 Å². The number of aromatic nitrogens is 1. The van der Waals surface area contributed by atoms with Crippen LogP contribution in [0, 0.1) is 11.3 Å². The number of unbranched alkanes of at least 4 members (excludes halogenated alkanes) is 9. The maximum absolute atomic E-state index is 11.7. The molecule has 0 aliphatic rings. The molecule has 5 aromatic carbocycles. The highest BCUT2D eigenvalue weighted by Gasteiger charge is 2.20. The van der Waals surface area contributed by atoms with Crippen molar-refractivity contribution in [2.45, 2.75) is 104 Å². The van der Waals surface area contributed by atoms with E-state index in [0.29, 0.717) is 0 Å². The van der Waals surface area contributed by atoms with Crippen LogP contribution in [0.15, 0.2) is 139 Å². The third-order valence-corrected chi connectivity index (χ3v) is 15.1. The van der Waals surface area contributed by atoms with Gasteiger partial charge in [-0.2, -0.15) is 5.26 Å². The fourth-order valence-corrected chi connectivity index (χ4v) is 11.2. The summed E-state index contributed by atoms with van der Waals surface area (Å²) in [6.45, 7) is 9.05. The molecular weight excluding hydrogens is 891 g/mol. The maximum atomic E-state index is 11.7. The van der Waals surface area contributed by atoms with Crippen molar-refractivity contribution in [1.29, 1.82) is 5.26 Å². The highest BCUT2D eigenvalue weighted by Crippen LogP contribution is 2.45. The van der Waals surface area contributed by atoms with E-state index in [1.807, 2.05) is 12.1 Å². The van der Waals surface area contributed by atoms with Crippen LogP contribution in [0.25, 0.3) is 59.2 Å². The molecule has 0 bridgehead atoms. The molecule has 7 nitrogen and oxygen atoms in total. The Bertz CT molecular complexity index is 2870. The first-order chi connectivity index (χ1) is 33.9. The maximum Gasteiger partial charge on any atom is 0.346 e. The summed E-state index contributed by atoms with van der Waals surface area (Å²) in [7, 11) is 0. The number of thiophene rings is 2. The van der Waals surface area contributed by atoms with E-state index in [1.165, 1.54) is 66.1 Å². The molecular formula is C60H63N3O4S2. The smallest absolute Gasteiger partial charge is 0.346 e. The summed E-state index contributed by atoms with van der Waals surface area (Å²) in [5.41, 5.74) is 10.9. The van der Waals surface area contributed by atoms with Gasteiger partial charge < -0.3 is 24.0 Å². The first kappa shape index (κ1) is 48.8. The molecule has 0 atom stereocenters. The third-order valence-electron chi connectivity index (χ3n) is 12.7. The quantitative estimate of drug-likeness (QED) is 0.0349. The number of carbonyl (C=O) groups is 1. The lowest BCUT2D eigenvalue weighted by Gasteiger charge is -2.26. The molecule has 0 fully saturated rings. The van der Waals surface area contributed by atoms with Crippen LogP contribution in [0.5, 0.6) is 11.5 Å². The van der Waals surface area contributed by atoms with Crippen LogP contribution in [0.3, 0.4) is 0 Å². The number of hydrogen-bond donors (Lipinski definition) is 1. The molecule has 3 heterocycles. The molecule has 0 aliphatic heterocycles. The van der Waals surface area contributed by atoms with Gasteiger partial charge in [-0.05, 0) is 126 Å². The van der Waals surface area contributed by atoms with Crippen molar-refractivity contribution in [3.8, 4) is 50.3 Å². The summed E-state index contributed by atoms with van der Waals surface area (Å²) in [6, 6.07) is 49.5. The van der Waals surface area contributed by atoms with Gasteiger partial charge >= 0.3 is 5.97 Å². The zero-order valence-electron chi connectivity index (χ0n) is 40.2. The Morgan fingerprint density at radius 3 is 1.43 bits per heavy atom. The largest absolute Gasteiger partial charge is 0.494 e. The Balaban J connectivity index is 1.08. The minimum absolute atomic E-state index is 0.259. The van der Waals surface area contributed by atoms with E-state index in [4.69, 9.17) is 9.47 Å². The fourth-order valence-electron chi connectivity index (χ4n) is 8.83. The second-order valence-electron chi connectivity index (χ2n) is 17.7. The van der Waals surface area contributed by atoms with Crippen molar-refractivity contribution < 1.29 is 19.4 Å². The summed E-state index contributed by atoms with van der Waals surface area (Å²) < 4.78 is 16.8. The minimum atomic E-state index is -1.21. The van der Waals surface area contributed by atoms with Crippen LogP contribution in [0.4, 0.5) is 17.1 Å². The van der Waals surface area contributed by atoms with Crippen molar-refractivity contribution in [1.82, 2.24) is 4.57 Å². The van der Waals surface area contributed by atoms with E-state index in [2.05, 4.69) is 158 Å². The Morgan fingerprint density at radius 1 is 0.565 bits per heavy atom. The second-order valence-corrected chi connectivity index (χ2v) is 19.9. The van der Waals surface area contributed by atoms with Crippen molar-refractivity contribution in [2.24, 2.45) is 0 Å². The molecule has 0 saturated heterocycles. The summed E-state index contributed by atoms with van der Waals surface area (Å²) >= 11 is 3.32. The number of rotatable bonds is 25. The number of carboxylic acid groups (broad SMARTS) is 1. The standard InChI is InChI=1S/C60H63N3O4S2/c1-4-7-10-13-36-62-55-40-54(39-48(42-61)60(64)65)68-58(55)59-56(62)41-57(69-59)47-20-30-51(31-21-47)63(49-26-16-43(17-27-49)45-22-32-52(33-23-45)66-37-14-11-8-5-2)50-28-18-44(19-29-50)46-24-34-53(35-25-46)67-38-15-12-9-6-3/h16-35,39-41H,4-15,36-38H2,1-3H3,(H,64,65)/b48-39+. The van der Waals surface area contributed by atoms with Gasteiger partial charge in [0.1, 0.15) is 23.1 Å². The molecule has 8 rings (SSSR count). The number of fused-ring (bicyclic) bond motifs is 3. The predicted molar refractivity (Wildman–Crippen MR) is 291 cm³/mol. The van der Waals surface area contributed by atoms with Crippen LogP contribution in [0.2, 0.25) is 0 Å². The third kappa shape index (κ3) is 12.2. The van der Waals surface area contributed by atoms with Crippen LogP contribution in [-0.4, -0.2) is 28.9 Å². The van der Waals surface area contributed by atoms with Gasteiger partial charge in [0, 0.05) is 33.4 Å². The van der Waals surface area contributed by atoms with Gasteiger partial charge in [0.05, 0.1) is 33.6 Å². The number of aliphatic carboxylic acids is 1. The number of ether oxygens (including phenoxy) is 2. The van der Waals surface area contributed by atoms with Crippen LogP contribution < -0.4 is 14.4 Å². The lowest BCUT2D eigenvalue weighted by atomic mass is 10.0. The summed E-state index contributed by atoms with van der Waals surface area (Å²) in [4.78, 5) is 16.0. The summed E-state index contributed by atoms with van der Waals surface area (Å²) in [5, 5.41) is 19.0. The normalized spacial score (nSPS) is 11.6. The number of nitriles is 1. The van der Waals surface area contributed by atoms with Gasteiger partial charge in [0.25, 0.3) is 0 Å². The molecule has 354 valence electrons. The van der Waals surface area contributed by atoms with Gasteiger partial charge in [-0.1, -0.05) is 139 Å². The molecule has 69 heavy (non-hydrogen) atoms. The molecule has 0 saturated carbocycles. The topological polar surface area (TPSA) is 87.7 Å². The highest BCUT2D eigenvalue weighted by molar-refractivity contribution is 7.29. The van der Waals surface area contributed by atoms with Crippen LogP contribution in [0.1, 0.15) is 103 Å². The SMILES string of the molecule is CCCCCCOc1ccc(-c2ccc(N(c3ccc(-c4ccc(OCCCCCC)cc4)cc3)c3ccc(-c4cc5c(s4)c4sc(/C=C(\C#N)C(=O)O)cc4n5CCCCCC)cc3)cc2)cc1. The van der Waals surface area contributed by atoms with Crippen molar-refractivity contribution in [3.63, 3.8) is 0 Å². The minimum Gasteiger partial charge on any atom is -0.494 e. The molecule has 0 radical (unpaired) electrons. The van der Waals surface area contributed by atoms with E-state index in [9.17, 15) is 15.2 Å². The molecule has 0 aliphatic carbocycles. The fraction of sp³-hybridized carbons (Fsp3) is 0.300. The first-order valence-corrected chi connectivity index (χ1v) is 26.5. The van der Waals surface area contributed by atoms with Gasteiger partial charge in [0.2, 0.25) is 0 Å². The zero-order valence-corrected chi connectivity index (χ0v) is 41.8. The Kier molecular flexibility index (Phi) is 17.1. The van der Waals surface area contributed by atoms with E-state index in [0.717, 1.165) is 123 Å². The zero-order chi connectivity index (χ0) is 48.0. The van der Waals surface area contributed by atoms with E-state index >= 15 is 0 Å². The molecule has 8 aromatic rings. The monoisotopic (exact) mass is 953 g/mol. The van der Waals surface area contributed by atoms with Crippen molar-refractivity contribution >= 4 is 72.2 Å². The van der Waals surface area contributed by atoms with Crippen LogP contribution >= 0.6 is 22.7 Å². The van der Waals surface area contributed by atoms with E-state index < -0.39 is 5.97 Å². The number of benzene rings is 5. The Labute approximate surface area is 415 Å². The average Bonchev–Trinajstić information content (AvgIpc) is 4.07. The summed E-state index contributed by atoms with van der Waals surface area (Å²) in [6.07, 6.45) is 15.5. The number of carboxylic acids is 1. The van der Waals surface area contributed by atoms with Gasteiger partial charge in [0.15, 0.2) is 0 Å². The van der Waals surface area contributed by atoms with E-state index in [1.54, 1.807) is 22.7 Å². The number of aryl methyl sites for hydroxylation is 1. The average molecular weight is 954 g/mol. The highest BCUT2D eigenvalue weighted by atomic mass is 32.1. The molecule has 1 N–H and O–H groups in total.